The first kappa shape index (κ1) is 22.9. The molecule has 0 unspecified atom stereocenters. The summed E-state index contributed by atoms with van der Waals surface area (Å²) in [6.45, 7) is 6.99. The molecule has 0 fully saturated rings. The van der Waals surface area contributed by atoms with Crippen molar-refractivity contribution in [2.24, 2.45) is 0 Å². The predicted molar refractivity (Wildman–Crippen MR) is 115 cm³/mol. The van der Waals surface area contributed by atoms with E-state index in [0.717, 1.165) is 18.4 Å². The van der Waals surface area contributed by atoms with E-state index in [1.54, 1.807) is 42.5 Å². The average molecular weight is 419 g/mol. The Morgan fingerprint density at radius 3 is 2.41 bits per heavy atom. The first-order valence-electron chi connectivity index (χ1n) is 9.86. The van der Waals surface area contributed by atoms with Crippen molar-refractivity contribution < 1.29 is 17.9 Å². The maximum absolute atomic E-state index is 12.9. The molecule has 2 rings (SSSR count). The Morgan fingerprint density at radius 2 is 1.79 bits per heavy atom. The Morgan fingerprint density at radius 1 is 1.10 bits per heavy atom. The highest BCUT2D eigenvalue weighted by atomic mass is 32.2. The van der Waals surface area contributed by atoms with Gasteiger partial charge in [0.2, 0.25) is 10.0 Å². The van der Waals surface area contributed by atoms with Crippen molar-refractivity contribution in [3.63, 3.8) is 0 Å². The van der Waals surface area contributed by atoms with Crippen LogP contribution in [0, 0.1) is 6.92 Å². The number of benzene rings is 2. The second-order valence-corrected chi connectivity index (χ2v) is 8.98. The fourth-order valence-electron chi connectivity index (χ4n) is 2.84. The van der Waals surface area contributed by atoms with Gasteiger partial charge in [-0.25, -0.2) is 8.42 Å². The van der Waals surface area contributed by atoms with E-state index < -0.39 is 10.0 Å². The number of carbonyl (C=O) groups excluding carboxylic acids is 1. The third-order valence-electron chi connectivity index (χ3n) is 4.56. The van der Waals surface area contributed by atoms with E-state index in [9.17, 15) is 13.2 Å². The van der Waals surface area contributed by atoms with Crippen LogP contribution in [0.25, 0.3) is 0 Å². The summed E-state index contributed by atoms with van der Waals surface area (Å²) in [7, 11) is -2.13. The van der Waals surface area contributed by atoms with Gasteiger partial charge < -0.3 is 10.1 Å². The Hall–Kier alpha value is -2.38. The molecular weight excluding hydrogens is 388 g/mol. The lowest BCUT2D eigenvalue weighted by Gasteiger charge is -2.20. The molecule has 0 heterocycles. The van der Waals surface area contributed by atoms with Crippen molar-refractivity contribution in [2.45, 2.75) is 45.1 Å². The zero-order chi connectivity index (χ0) is 21.4. The first-order chi connectivity index (χ1) is 13.8. The normalized spacial score (nSPS) is 11.5. The molecular formula is C22H30N2O4S. The minimum Gasteiger partial charge on any atom is -0.494 e. The van der Waals surface area contributed by atoms with Crippen molar-refractivity contribution in [1.82, 2.24) is 9.62 Å². The lowest BCUT2D eigenvalue weighted by atomic mass is 10.1. The lowest BCUT2D eigenvalue weighted by Crippen LogP contribution is -2.27. The number of sulfonamides is 1. The molecule has 0 aliphatic rings. The number of hydrogen-bond donors (Lipinski definition) is 1. The van der Waals surface area contributed by atoms with Gasteiger partial charge in [0, 0.05) is 31.3 Å². The number of rotatable bonds is 10. The van der Waals surface area contributed by atoms with Gasteiger partial charge in [-0.1, -0.05) is 31.0 Å². The van der Waals surface area contributed by atoms with Gasteiger partial charge in [0.05, 0.1) is 11.5 Å². The van der Waals surface area contributed by atoms with Gasteiger partial charge in [-0.15, -0.1) is 0 Å². The van der Waals surface area contributed by atoms with Gasteiger partial charge in [-0.2, -0.15) is 4.31 Å². The largest absolute Gasteiger partial charge is 0.494 e. The highest BCUT2D eigenvalue weighted by Gasteiger charge is 2.22. The molecule has 1 N–H and O–H groups in total. The average Bonchev–Trinajstić information content (AvgIpc) is 2.69. The molecule has 0 saturated carbocycles. The van der Waals surface area contributed by atoms with Crippen LogP contribution < -0.4 is 10.1 Å². The lowest BCUT2D eigenvalue weighted by molar-refractivity contribution is 0.0953. The van der Waals surface area contributed by atoms with E-state index in [1.807, 2.05) is 13.8 Å². The molecule has 0 saturated heterocycles. The predicted octanol–water partition coefficient (Wildman–Crippen LogP) is 3.74. The van der Waals surface area contributed by atoms with Crippen LogP contribution in [0.5, 0.6) is 5.75 Å². The van der Waals surface area contributed by atoms with E-state index in [2.05, 4.69) is 12.2 Å². The maximum atomic E-state index is 12.9. The third kappa shape index (κ3) is 6.05. The summed E-state index contributed by atoms with van der Waals surface area (Å²) in [6.07, 6.45) is 1.91. The van der Waals surface area contributed by atoms with E-state index in [1.165, 1.54) is 11.4 Å². The van der Waals surface area contributed by atoms with Crippen LogP contribution in [0.15, 0.2) is 47.4 Å². The first-order valence-corrected chi connectivity index (χ1v) is 11.3. The van der Waals surface area contributed by atoms with Gasteiger partial charge in [0.15, 0.2) is 0 Å². The van der Waals surface area contributed by atoms with E-state index in [0.29, 0.717) is 30.0 Å². The van der Waals surface area contributed by atoms with E-state index in [4.69, 9.17) is 4.74 Å². The Kier molecular flexibility index (Phi) is 8.22. The smallest absolute Gasteiger partial charge is 0.251 e. The fourth-order valence-corrected chi connectivity index (χ4v) is 3.99. The number of ether oxygens (including phenoxy) is 1. The quantitative estimate of drug-likeness (QED) is 0.597. The molecule has 0 atom stereocenters. The van der Waals surface area contributed by atoms with Gasteiger partial charge in [-0.05, 0) is 50.6 Å². The molecule has 0 bridgehead atoms. The summed E-state index contributed by atoms with van der Waals surface area (Å²) in [5.41, 5.74) is 2.13. The number of amides is 1. The molecule has 0 aliphatic heterocycles. The molecule has 6 nitrogen and oxygen atoms in total. The second-order valence-electron chi connectivity index (χ2n) is 6.94. The maximum Gasteiger partial charge on any atom is 0.251 e. The number of aryl methyl sites for hydroxylation is 1. The standard InChI is InChI=1S/C22H30N2O4S/c1-5-7-14-23-22(25)18-10-13-21(28-6-2)19(15-18)16-24(4)29(26,27)20-11-8-17(3)9-12-20/h8-13,15H,5-7,14,16H2,1-4H3,(H,23,25). The van der Waals surface area contributed by atoms with E-state index in [-0.39, 0.29) is 17.3 Å². The van der Waals surface area contributed by atoms with Crippen molar-refractivity contribution in [1.29, 1.82) is 0 Å². The van der Waals surface area contributed by atoms with Crippen LogP contribution in [0.1, 0.15) is 48.2 Å². The molecule has 0 radical (unpaired) electrons. The van der Waals surface area contributed by atoms with Crippen LogP contribution in [0.3, 0.4) is 0 Å². The number of hydrogen-bond acceptors (Lipinski definition) is 4. The Bertz CT molecular complexity index is 924. The van der Waals surface area contributed by atoms with Crippen LogP contribution in [-0.4, -0.2) is 38.8 Å². The van der Waals surface area contributed by atoms with Gasteiger partial charge in [-0.3, -0.25) is 4.79 Å². The zero-order valence-corrected chi connectivity index (χ0v) is 18.4. The number of nitrogens with one attached hydrogen (secondary N) is 1. The molecule has 29 heavy (non-hydrogen) atoms. The Balaban J connectivity index is 2.27. The third-order valence-corrected chi connectivity index (χ3v) is 6.38. The topological polar surface area (TPSA) is 75.7 Å². The van der Waals surface area contributed by atoms with Gasteiger partial charge in [0.1, 0.15) is 5.75 Å². The molecule has 0 aliphatic carbocycles. The van der Waals surface area contributed by atoms with Crippen molar-refractivity contribution in [3.05, 3.63) is 59.2 Å². The van der Waals surface area contributed by atoms with Crippen LogP contribution in [0.2, 0.25) is 0 Å². The summed E-state index contributed by atoms with van der Waals surface area (Å²) in [6, 6.07) is 11.9. The zero-order valence-electron chi connectivity index (χ0n) is 17.6. The molecule has 0 aromatic heterocycles. The summed E-state index contributed by atoms with van der Waals surface area (Å²) < 4.78 is 32.8. The summed E-state index contributed by atoms with van der Waals surface area (Å²) in [4.78, 5) is 12.6. The number of nitrogens with zero attached hydrogens (tertiary/aromatic N) is 1. The minimum atomic E-state index is -3.66. The van der Waals surface area contributed by atoms with Crippen molar-refractivity contribution in [2.75, 3.05) is 20.2 Å². The van der Waals surface area contributed by atoms with Gasteiger partial charge >= 0.3 is 0 Å². The molecule has 7 heteroatoms. The molecule has 2 aromatic rings. The highest BCUT2D eigenvalue weighted by Crippen LogP contribution is 2.25. The van der Waals surface area contributed by atoms with Gasteiger partial charge in [0.25, 0.3) is 5.91 Å². The second kappa shape index (κ2) is 10.4. The van der Waals surface area contributed by atoms with Crippen LogP contribution in [-0.2, 0) is 16.6 Å². The van der Waals surface area contributed by atoms with Crippen molar-refractivity contribution in [3.8, 4) is 5.75 Å². The number of carbonyl (C=O) groups is 1. The fraction of sp³-hybridized carbons (Fsp3) is 0.409. The monoisotopic (exact) mass is 418 g/mol. The van der Waals surface area contributed by atoms with Crippen molar-refractivity contribution >= 4 is 15.9 Å². The molecule has 1 amide bonds. The summed E-state index contributed by atoms with van der Waals surface area (Å²) >= 11 is 0. The molecule has 2 aromatic carbocycles. The summed E-state index contributed by atoms with van der Waals surface area (Å²) in [5, 5.41) is 2.88. The highest BCUT2D eigenvalue weighted by molar-refractivity contribution is 7.89. The van der Waals surface area contributed by atoms with Crippen LogP contribution in [0.4, 0.5) is 0 Å². The van der Waals surface area contributed by atoms with E-state index >= 15 is 0 Å². The Labute approximate surface area is 173 Å². The van der Waals surface area contributed by atoms with Crippen LogP contribution >= 0.6 is 0 Å². The number of unbranched alkanes of at least 4 members (excludes halogenated alkanes) is 1. The molecule has 158 valence electrons. The SMILES string of the molecule is CCCCNC(=O)c1ccc(OCC)c(CN(C)S(=O)(=O)c2ccc(C)cc2)c1. The summed E-state index contributed by atoms with van der Waals surface area (Å²) in [5.74, 6) is 0.398. The molecule has 0 spiro atoms. The minimum absolute atomic E-state index is 0.0988.